The molecule has 1 aliphatic carbocycles. The Balaban J connectivity index is 2.02. The van der Waals surface area contributed by atoms with E-state index in [1.807, 2.05) is 0 Å². The van der Waals surface area contributed by atoms with Crippen molar-refractivity contribution in [1.82, 2.24) is 0 Å². The van der Waals surface area contributed by atoms with Crippen molar-refractivity contribution >= 4 is 5.97 Å². The van der Waals surface area contributed by atoms with Gasteiger partial charge in [0.25, 0.3) is 0 Å². The maximum Gasteiger partial charge on any atom is 0.306 e. The summed E-state index contributed by atoms with van der Waals surface area (Å²) in [5.74, 6) is 0.731. The lowest BCUT2D eigenvalue weighted by Gasteiger charge is -2.23. The fraction of sp³-hybridized carbons (Fsp3) is 0.875. The number of hydrogen-bond donors (Lipinski definition) is 1. The third-order valence-corrected chi connectivity index (χ3v) is 2.70. The van der Waals surface area contributed by atoms with Gasteiger partial charge in [0.05, 0.1) is 12.7 Å². The molecular formula is C8H12O3. The van der Waals surface area contributed by atoms with E-state index in [1.54, 1.807) is 0 Å². The van der Waals surface area contributed by atoms with Crippen molar-refractivity contribution in [2.45, 2.75) is 25.4 Å². The second kappa shape index (κ2) is 2.48. The molecule has 0 radical (unpaired) electrons. The molecular weight excluding hydrogens is 144 g/mol. The van der Waals surface area contributed by atoms with Gasteiger partial charge >= 0.3 is 5.97 Å². The first-order valence-electron chi connectivity index (χ1n) is 4.09. The van der Waals surface area contributed by atoms with Gasteiger partial charge in [-0.1, -0.05) is 0 Å². The summed E-state index contributed by atoms with van der Waals surface area (Å²) in [6, 6.07) is 0. The molecule has 1 saturated heterocycles. The number of aliphatic hydroxyl groups excluding tert-OH is 1. The average molecular weight is 156 g/mol. The van der Waals surface area contributed by atoms with E-state index in [0.29, 0.717) is 24.9 Å². The number of fused-ring (bicyclic) bond motifs is 1. The summed E-state index contributed by atoms with van der Waals surface area (Å²) in [7, 11) is 0. The number of cyclic esters (lactones) is 1. The van der Waals surface area contributed by atoms with Gasteiger partial charge in [0.2, 0.25) is 0 Å². The van der Waals surface area contributed by atoms with Crippen LogP contribution in [0.1, 0.15) is 19.3 Å². The zero-order valence-corrected chi connectivity index (χ0v) is 6.32. The average Bonchev–Trinajstić information content (AvgIpc) is 2.27. The number of aliphatic hydroxyl groups is 1. The molecule has 3 nitrogen and oxygen atoms in total. The van der Waals surface area contributed by atoms with Gasteiger partial charge in [0.1, 0.15) is 0 Å². The van der Waals surface area contributed by atoms with E-state index in [4.69, 9.17) is 4.74 Å². The summed E-state index contributed by atoms with van der Waals surface area (Å²) in [4.78, 5) is 10.8. The Kier molecular flexibility index (Phi) is 1.60. The molecule has 0 bridgehead atoms. The fourth-order valence-electron chi connectivity index (χ4n) is 2.11. The molecule has 1 heterocycles. The van der Waals surface area contributed by atoms with Crippen LogP contribution in [0.5, 0.6) is 0 Å². The predicted molar refractivity (Wildman–Crippen MR) is 37.8 cm³/mol. The predicted octanol–water partition coefficient (Wildman–Crippen LogP) is 0.320. The van der Waals surface area contributed by atoms with Crippen LogP contribution in [0, 0.1) is 11.8 Å². The van der Waals surface area contributed by atoms with Crippen LogP contribution in [0.4, 0.5) is 0 Å². The summed E-state index contributed by atoms with van der Waals surface area (Å²) in [6.45, 7) is 0.528. The van der Waals surface area contributed by atoms with Gasteiger partial charge in [-0.25, -0.2) is 0 Å². The molecule has 11 heavy (non-hydrogen) atoms. The molecule has 2 fully saturated rings. The summed E-state index contributed by atoms with van der Waals surface area (Å²) < 4.78 is 4.89. The molecule has 1 unspecified atom stereocenters. The lowest BCUT2D eigenvalue weighted by Crippen LogP contribution is -2.26. The second-order valence-corrected chi connectivity index (χ2v) is 3.53. The minimum Gasteiger partial charge on any atom is -0.465 e. The fourth-order valence-corrected chi connectivity index (χ4v) is 2.11. The van der Waals surface area contributed by atoms with Gasteiger partial charge in [-0.3, -0.25) is 4.79 Å². The number of hydrogen-bond acceptors (Lipinski definition) is 3. The molecule has 0 aromatic rings. The molecule has 1 aliphatic heterocycles. The van der Waals surface area contributed by atoms with Crippen LogP contribution < -0.4 is 0 Å². The Bertz CT molecular complexity index is 178. The highest BCUT2D eigenvalue weighted by atomic mass is 16.5. The quantitative estimate of drug-likeness (QED) is 0.514. The molecule has 2 aliphatic rings. The van der Waals surface area contributed by atoms with E-state index in [0.717, 1.165) is 12.8 Å². The van der Waals surface area contributed by atoms with Gasteiger partial charge in [-0.15, -0.1) is 0 Å². The summed E-state index contributed by atoms with van der Waals surface area (Å²) in [5, 5.41) is 9.28. The van der Waals surface area contributed by atoms with Gasteiger partial charge in [-0.2, -0.15) is 0 Å². The van der Waals surface area contributed by atoms with Gasteiger partial charge in [-0.05, 0) is 24.7 Å². The third-order valence-electron chi connectivity index (χ3n) is 2.70. The molecule has 1 N–H and O–H groups in total. The Morgan fingerprint density at radius 1 is 1.36 bits per heavy atom. The highest BCUT2D eigenvalue weighted by Crippen LogP contribution is 2.37. The molecule has 0 spiro atoms. The van der Waals surface area contributed by atoms with Gasteiger partial charge < -0.3 is 9.84 Å². The van der Waals surface area contributed by atoms with E-state index in [2.05, 4.69) is 0 Å². The molecule has 62 valence electrons. The van der Waals surface area contributed by atoms with Crippen molar-refractivity contribution in [3.8, 4) is 0 Å². The number of carbonyl (C=O) groups is 1. The molecule has 0 amide bonds. The summed E-state index contributed by atoms with van der Waals surface area (Å²) in [6.07, 6.45) is 1.93. The zero-order valence-electron chi connectivity index (χ0n) is 6.32. The lowest BCUT2D eigenvalue weighted by molar-refractivity contribution is -0.151. The van der Waals surface area contributed by atoms with Crippen LogP contribution in [0.2, 0.25) is 0 Å². The maximum absolute atomic E-state index is 10.8. The van der Waals surface area contributed by atoms with Gasteiger partial charge in [0.15, 0.2) is 0 Å². The molecule has 2 rings (SSSR count). The first-order chi connectivity index (χ1) is 5.25. The van der Waals surface area contributed by atoms with Crippen molar-refractivity contribution in [2.24, 2.45) is 11.8 Å². The Hall–Kier alpha value is -0.570. The normalized spacial score (nSPS) is 43.4. The van der Waals surface area contributed by atoms with Crippen molar-refractivity contribution < 1.29 is 14.6 Å². The van der Waals surface area contributed by atoms with Crippen LogP contribution in [0.3, 0.4) is 0 Å². The zero-order chi connectivity index (χ0) is 7.84. The van der Waals surface area contributed by atoms with Crippen molar-refractivity contribution in [3.63, 3.8) is 0 Å². The van der Waals surface area contributed by atoms with Crippen molar-refractivity contribution in [3.05, 3.63) is 0 Å². The third kappa shape index (κ3) is 1.25. The summed E-state index contributed by atoms with van der Waals surface area (Å²) >= 11 is 0. The van der Waals surface area contributed by atoms with Crippen LogP contribution in [0.25, 0.3) is 0 Å². The van der Waals surface area contributed by atoms with E-state index < -0.39 is 0 Å². The smallest absolute Gasteiger partial charge is 0.306 e. The first-order valence-corrected chi connectivity index (χ1v) is 4.09. The Morgan fingerprint density at radius 2 is 2.09 bits per heavy atom. The lowest BCUT2D eigenvalue weighted by atomic mass is 9.92. The minimum absolute atomic E-state index is 0.0969. The van der Waals surface area contributed by atoms with Crippen molar-refractivity contribution in [1.29, 1.82) is 0 Å². The number of ether oxygens (including phenoxy) is 1. The minimum atomic E-state index is -0.195. The monoisotopic (exact) mass is 156 g/mol. The Morgan fingerprint density at radius 3 is 2.91 bits per heavy atom. The first kappa shape index (κ1) is 7.10. The Labute approximate surface area is 65.4 Å². The number of esters is 1. The molecule has 3 heteroatoms. The second-order valence-electron chi connectivity index (χ2n) is 3.53. The van der Waals surface area contributed by atoms with Crippen molar-refractivity contribution in [2.75, 3.05) is 6.61 Å². The number of carbonyl (C=O) groups excluding carboxylic acids is 1. The number of rotatable bonds is 0. The van der Waals surface area contributed by atoms with E-state index in [-0.39, 0.29) is 12.1 Å². The van der Waals surface area contributed by atoms with Crippen LogP contribution in [-0.2, 0) is 9.53 Å². The maximum atomic E-state index is 10.8. The molecule has 3 atom stereocenters. The largest absolute Gasteiger partial charge is 0.465 e. The highest BCUT2D eigenvalue weighted by molar-refractivity contribution is 5.70. The van der Waals surface area contributed by atoms with E-state index in [9.17, 15) is 9.90 Å². The molecule has 0 aromatic carbocycles. The summed E-state index contributed by atoms with van der Waals surface area (Å²) in [5.41, 5.74) is 0. The van der Waals surface area contributed by atoms with Crippen LogP contribution in [-0.4, -0.2) is 23.8 Å². The topological polar surface area (TPSA) is 46.5 Å². The van der Waals surface area contributed by atoms with Gasteiger partial charge in [0, 0.05) is 6.42 Å². The molecule has 1 saturated carbocycles. The molecule has 0 aromatic heterocycles. The highest BCUT2D eigenvalue weighted by Gasteiger charge is 2.38. The standard InChI is InChI=1S/C8H12O3/c9-7-1-5-3-8(10)11-4-6(5)2-7/h5-7,9H,1-4H2/t5-,6+,7?/m1/s1. The SMILES string of the molecule is O=C1C[C@H]2CC(O)C[C@H]2CO1. The van der Waals surface area contributed by atoms with E-state index in [1.165, 1.54) is 0 Å². The van der Waals surface area contributed by atoms with E-state index >= 15 is 0 Å². The van der Waals surface area contributed by atoms with Crippen LogP contribution >= 0.6 is 0 Å². The van der Waals surface area contributed by atoms with Crippen LogP contribution in [0.15, 0.2) is 0 Å².